The van der Waals surface area contributed by atoms with Crippen molar-refractivity contribution >= 4 is 15.8 Å². The van der Waals surface area contributed by atoms with E-state index in [0.717, 1.165) is 22.5 Å². The molecule has 0 bridgehead atoms. The zero-order valence-electron chi connectivity index (χ0n) is 15.0. The van der Waals surface area contributed by atoms with Gasteiger partial charge in [0, 0.05) is 26.7 Å². The number of piperidine rings is 1. The summed E-state index contributed by atoms with van der Waals surface area (Å²) >= 11 is 0. The summed E-state index contributed by atoms with van der Waals surface area (Å²) in [6.07, 6.45) is 0.620. The molecule has 3 rings (SSSR count). The third-order valence-electron chi connectivity index (χ3n) is 4.23. The first-order valence-electron chi connectivity index (χ1n) is 8.41. The fourth-order valence-corrected chi connectivity index (χ4v) is 4.48. The summed E-state index contributed by atoms with van der Waals surface area (Å²) in [6, 6.07) is 6.36. The third-order valence-corrected chi connectivity index (χ3v) is 6.15. The molecule has 1 aliphatic rings. The molecular weight excluding hydrogens is 378 g/mol. The molecule has 2 heterocycles. The van der Waals surface area contributed by atoms with E-state index in [4.69, 9.17) is 4.74 Å². The molecule has 27 heavy (non-hydrogen) atoms. The highest BCUT2D eigenvalue weighted by molar-refractivity contribution is 7.89. The number of anilines is 1. The molecule has 0 saturated carbocycles. The second kappa shape index (κ2) is 7.73. The lowest BCUT2D eigenvalue weighted by molar-refractivity contribution is 0.123. The van der Waals surface area contributed by atoms with Gasteiger partial charge in [-0.15, -0.1) is 10.2 Å². The third kappa shape index (κ3) is 4.16. The van der Waals surface area contributed by atoms with Gasteiger partial charge in [-0.3, -0.25) is 0 Å². The maximum Gasteiger partial charge on any atom is 0.249 e. The van der Waals surface area contributed by atoms with Crippen LogP contribution in [0.3, 0.4) is 0 Å². The van der Waals surface area contributed by atoms with Gasteiger partial charge in [0.15, 0.2) is 10.7 Å². The van der Waals surface area contributed by atoms with E-state index in [1.54, 1.807) is 17.0 Å². The fourth-order valence-electron chi connectivity index (χ4n) is 2.86. The quantitative estimate of drug-likeness (QED) is 0.767. The second-order valence-electron chi connectivity index (χ2n) is 6.42. The van der Waals surface area contributed by atoms with Gasteiger partial charge in [-0.2, -0.15) is 4.31 Å². The van der Waals surface area contributed by atoms with Crippen LogP contribution in [0.15, 0.2) is 35.2 Å². The van der Waals surface area contributed by atoms with Crippen LogP contribution in [0.4, 0.5) is 14.6 Å². The molecule has 0 N–H and O–H groups in total. The molecule has 1 saturated heterocycles. The molecule has 0 radical (unpaired) electrons. The van der Waals surface area contributed by atoms with Gasteiger partial charge >= 0.3 is 0 Å². The van der Waals surface area contributed by atoms with Crippen molar-refractivity contribution < 1.29 is 21.9 Å². The summed E-state index contributed by atoms with van der Waals surface area (Å²) in [7, 11) is -0.647. The van der Waals surface area contributed by atoms with E-state index in [9.17, 15) is 17.2 Å². The first kappa shape index (κ1) is 19.4. The van der Waals surface area contributed by atoms with Gasteiger partial charge in [0.2, 0.25) is 15.9 Å². The van der Waals surface area contributed by atoms with Crippen molar-refractivity contribution in [2.45, 2.75) is 23.8 Å². The first-order valence-corrected chi connectivity index (χ1v) is 9.85. The number of hydrogen-bond donors (Lipinski definition) is 0. The molecule has 1 unspecified atom stereocenters. The van der Waals surface area contributed by atoms with Gasteiger partial charge in [0.05, 0.1) is 6.54 Å². The van der Waals surface area contributed by atoms with Crippen molar-refractivity contribution in [2.75, 3.05) is 32.1 Å². The van der Waals surface area contributed by atoms with Gasteiger partial charge in [-0.05, 0) is 31.0 Å². The topological polar surface area (TPSA) is 75.6 Å². The number of halogens is 2. The molecule has 2 aromatic rings. The number of benzene rings is 1. The smallest absolute Gasteiger partial charge is 0.249 e. The van der Waals surface area contributed by atoms with Crippen LogP contribution in [0.5, 0.6) is 5.88 Å². The van der Waals surface area contributed by atoms with E-state index in [1.165, 1.54) is 0 Å². The molecule has 0 aliphatic carbocycles. The highest BCUT2D eigenvalue weighted by atomic mass is 32.2. The second-order valence-corrected chi connectivity index (χ2v) is 8.29. The lowest BCUT2D eigenvalue weighted by Crippen LogP contribution is -2.44. The number of hydrogen-bond acceptors (Lipinski definition) is 6. The van der Waals surface area contributed by atoms with E-state index in [1.807, 2.05) is 14.1 Å². The Balaban J connectivity index is 1.75. The Kier molecular flexibility index (Phi) is 5.56. The van der Waals surface area contributed by atoms with Crippen molar-refractivity contribution in [3.8, 4) is 5.88 Å². The summed E-state index contributed by atoms with van der Waals surface area (Å²) in [4.78, 5) is 0.857. The maximum atomic E-state index is 13.9. The van der Waals surface area contributed by atoms with E-state index in [2.05, 4.69) is 10.2 Å². The zero-order chi connectivity index (χ0) is 19.6. The minimum absolute atomic E-state index is 0.0206. The van der Waals surface area contributed by atoms with Crippen molar-refractivity contribution in [1.82, 2.24) is 14.5 Å². The highest BCUT2D eigenvalue weighted by Gasteiger charge is 2.35. The first-order chi connectivity index (χ1) is 12.8. The summed E-state index contributed by atoms with van der Waals surface area (Å²) in [5.74, 6) is -1.29. The molecular formula is C17H20F2N4O3S. The van der Waals surface area contributed by atoms with Crippen LogP contribution in [-0.2, 0) is 10.0 Å². The Labute approximate surface area is 156 Å². The van der Waals surface area contributed by atoms with E-state index in [-0.39, 0.29) is 19.0 Å². The lowest BCUT2D eigenvalue weighted by Gasteiger charge is -2.31. The van der Waals surface area contributed by atoms with Crippen LogP contribution in [0.2, 0.25) is 0 Å². The lowest BCUT2D eigenvalue weighted by atomic mass is 10.1. The molecule has 1 aliphatic heterocycles. The maximum absolute atomic E-state index is 13.9. The number of nitrogens with zero attached hydrogens (tertiary/aromatic N) is 4. The van der Waals surface area contributed by atoms with Gasteiger partial charge in [-0.25, -0.2) is 17.2 Å². The predicted molar refractivity (Wildman–Crippen MR) is 95.1 cm³/mol. The number of rotatable bonds is 5. The van der Waals surface area contributed by atoms with E-state index in [0.29, 0.717) is 18.7 Å². The zero-order valence-corrected chi connectivity index (χ0v) is 15.8. The van der Waals surface area contributed by atoms with E-state index >= 15 is 0 Å². The summed E-state index contributed by atoms with van der Waals surface area (Å²) < 4.78 is 60.1. The molecule has 0 amide bonds. The Morgan fingerprint density at radius 3 is 2.44 bits per heavy atom. The van der Waals surface area contributed by atoms with Crippen LogP contribution < -0.4 is 9.64 Å². The Morgan fingerprint density at radius 2 is 1.85 bits per heavy atom. The molecule has 7 nitrogen and oxygen atoms in total. The highest BCUT2D eigenvalue weighted by Crippen LogP contribution is 2.26. The van der Waals surface area contributed by atoms with Gasteiger partial charge in [0.25, 0.3) is 0 Å². The SMILES string of the molecule is CN(C)c1ccc(OC2CCCN(S(=O)(=O)c3c(F)cccc3F)C2)nn1. The monoisotopic (exact) mass is 398 g/mol. The molecule has 0 spiro atoms. The Morgan fingerprint density at radius 1 is 1.15 bits per heavy atom. The van der Waals surface area contributed by atoms with Crippen LogP contribution in [-0.4, -0.2) is 56.2 Å². The predicted octanol–water partition coefficient (Wildman–Crippen LogP) is 2.05. The molecule has 146 valence electrons. The summed E-state index contributed by atoms with van der Waals surface area (Å²) in [6.45, 7) is 0.147. The van der Waals surface area contributed by atoms with Crippen molar-refractivity contribution in [1.29, 1.82) is 0 Å². The van der Waals surface area contributed by atoms with Crippen molar-refractivity contribution in [3.05, 3.63) is 42.0 Å². The van der Waals surface area contributed by atoms with Crippen molar-refractivity contribution in [2.24, 2.45) is 0 Å². The van der Waals surface area contributed by atoms with Crippen molar-refractivity contribution in [3.63, 3.8) is 0 Å². The number of sulfonamides is 1. The van der Waals surface area contributed by atoms with Crippen LogP contribution in [0, 0.1) is 11.6 Å². The van der Waals surface area contributed by atoms with Crippen LogP contribution in [0.25, 0.3) is 0 Å². The summed E-state index contributed by atoms with van der Waals surface area (Å²) in [5, 5.41) is 7.97. The number of aromatic nitrogens is 2. The minimum Gasteiger partial charge on any atom is -0.472 e. The average molecular weight is 398 g/mol. The summed E-state index contributed by atoms with van der Waals surface area (Å²) in [5.41, 5.74) is 0. The molecule has 1 aromatic heterocycles. The Bertz CT molecular complexity index is 887. The fraction of sp³-hybridized carbons (Fsp3) is 0.412. The Hall–Kier alpha value is -2.33. The molecule has 1 atom stereocenters. The molecule has 10 heteroatoms. The van der Waals surface area contributed by atoms with E-state index < -0.39 is 32.7 Å². The standard InChI is InChI=1S/C17H20F2N4O3S/c1-22(2)15-8-9-16(21-20-15)26-12-5-4-10-23(11-12)27(24,25)17-13(18)6-3-7-14(17)19/h3,6-9,12H,4-5,10-11H2,1-2H3. The number of ether oxygens (including phenoxy) is 1. The van der Waals surface area contributed by atoms with Gasteiger partial charge in [-0.1, -0.05) is 6.07 Å². The minimum atomic E-state index is -4.31. The van der Waals surface area contributed by atoms with Gasteiger partial charge in [0.1, 0.15) is 17.7 Å². The van der Waals surface area contributed by atoms with Gasteiger partial charge < -0.3 is 9.64 Å². The average Bonchev–Trinajstić information content (AvgIpc) is 2.62. The molecule has 1 aromatic carbocycles. The normalized spacial score (nSPS) is 18.3. The molecule has 1 fully saturated rings. The van der Waals surface area contributed by atoms with Crippen LogP contribution in [0.1, 0.15) is 12.8 Å². The largest absolute Gasteiger partial charge is 0.472 e. The van der Waals surface area contributed by atoms with Crippen LogP contribution >= 0.6 is 0 Å².